The zero-order chi connectivity index (χ0) is 14.9. The molecule has 20 heavy (non-hydrogen) atoms. The lowest BCUT2D eigenvalue weighted by Crippen LogP contribution is -2.52. The van der Waals surface area contributed by atoms with E-state index < -0.39 is 11.6 Å². The molecule has 0 radical (unpaired) electrons. The summed E-state index contributed by atoms with van der Waals surface area (Å²) in [6.07, 6.45) is 0.469. The lowest BCUT2D eigenvalue weighted by molar-refractivity contribution is -0.137. The van der Waals surface area contributed by atoms with Crippen LogP contribution in [0.2, 0.25) is 0 Å². The van der Waals surface area contributed by atoms with Crippen LogP contribution in [0.4, 0.5) is 5.69 Å². The quantitative estimate of drug-likeness (QED) is 0.917. The van der Waals surface area contributed by atoms with E-state index in [9.17, 15) is 9.59 Å². The van der Waals surface area contributed by atoms with Crippen molar-refractivity contribution in [3.05, 3.63) is 23.8 Å². The molecule has 0 saturated carbocycles. The molecular formula is C15H19NO4. The van der Waals surface area contributed by atoms with Gasteiger partial charge >= 0.3 is 5.97 Å². The molecule has 0 aliphatic carbocycles. The average molecular weight is 277 g/mol. The Balaban J connectivity index is 2.30. The molecule has 1 aromatic rings. The molecule has 0 saturated heterocycles. The summed E-state index contributed by atoms with van der Waals surface area (Å²) in [7, 11) is 0. The van der Waals surface area contributed by atoms with Crippen molar-refractivity contribution < 1.29 is 19.4 Å². The Bertz CT molecular complexity index is 551. The number of benzene rings is 1. The summed E-state index contributed by atoms with van der Waals surface area (Å²) in [6.45, 7) is 5.78. The van der Waals surface area contributed by atoms with Gasteiger partial charge in [0.25, 0.3) is 5.91 Å². The number of rotatable bonds is 4. The van der Waals surface area contributed by atoms with E-state index in [1.165, 1.54) is 0 Å². The highest BCUT2D eigenvalue weighted by Gasteiger charge is 2.40. The summed E-state index contributed by atoms with van der Waals surface area (Å²) >= 11 is 0. The van der Waals surface area contributed by atoms with Crippen LogP contribution in [0.25, 0.3) is 0 Å². The molecule has 0 unspecified atom stereocenters. The maximum absolute atomic E-state index is 12.5. The first-order valence-corrected chi connectivity index (χ1v) is 6.65. The van der Waals surface area contributed by atoms with Crippen molar-refractivity contribution in [3.8, 4) is 5.75 Å². The molecule has 0 aromatic heterocycles. The number of anilines is 1. The van der Waals surface area contributed by atoms with E-state index in [0.717, 1.165) is 11.3 Å². The van der Waals surface area contributed by atoms with E-state index in [1.54, 1.807) is 18.7 Å². The summed E-state index contributed by atoms with van der Waals surface area (Å²) in [5, 5.41) is 8.72. The summed E-state index contributed by atoms with van der Waals surface area (Å²) in [5.74, 6) is -0.328. The van der Waals surface area contributed by atoms with Crippen LogP contribution in [0.5, 0.6) is 5.75 Å². The summed E-state index contributed by atoms with van der Waals surface area (Å²) in [5.41, 5.74) is 0.827. The number of hydrogen-bond acceptors (Lipinski definition) is 3. The molecule has 1 N–H and O–H groups in total. The highest BCUT2D eigenvalue weighted by Crippen LogP contribution is 2.38. The zero-order valence-electron chi connectivity index (χ0n) is 12.0. The maximum atomic E-state index is 12.5. The Kier molecular flexibility index (Phi) is 3.70. The van der Waals surface area contributed by atoms with Crippen LogP contribution in [0, 0.1) is 6.92 Å². The number of nitrogens with zero attached hydrogens (tertiary/aromatic N) is 1. The van der Waals surface area contributed by atoms with E-state index in [0.29, 0.717) is 18.7 Å². The predicted octanol–water partition coefficient (Wildman–Crippen LogP) is 2.36. The van der Waals surface area contributed by atoms with Gasteiger partial charge in [-0.2, -0.15) is 0 Å². The number of carboxylic acid groups (broad SMARTS) is 1. The molecule has 1 amide bonds. The van der Waals surface area contributed by atoms with Crippen molar-refractivity contribution >= 4 is 17.6 Å². The van der Waals surface area contributed by atoms with Crippen molar-refractivity contribution in [2.75, 3.05) is 11.4 Å². The van der Waals surface area contributed by atoms with Gasteiger partial charge in [-0.3, -0.25) is 9.59 Å². The minimum absolute atomic E-state index is 0.0478. The number of amides is 1. The Morgan fingerprint density at radius 2 is 2.10 bits per heavy atom. The van der Waals surface area contributed by atoms with Gasteiger partial charge in [0, 0.05) is 13.0 Å². The number of aliphatic carboxylic acids is 1. The minimum atomic E-state index is -0.925. The molecule has 1 aromatic carbocycles. The van der Waals surface area contributed by atoms with Gasteiger partial charge in [-0.05, 0) is 44.9 Å². The van der Waals surface area contributed by atoms with E-state index in [4.69, 9.17) is 9.84 Å². The fourth-order valence-corrected chi connectivity index (χ4v) is 2.29. The molecule has 1 heterocycles. The third-order valence-corrected chi connectivity index (χ3v) is 3.30. The topological polar surface area (TPSA) is 66.8 Å². The third-order valence-electron chi connectivity index (χ3n) is 3.30. The standard InChI is InChI=1S/C15H19NO4/c1-10-6-7-12-11(9-10)16(8-4-5-13(17)18)14(19)15(2,3)20-12/h6-7,9H,4-5,8H2,1-3H3,(H,17,18). The van der Waals surface area contributed by atoms with E-state index in [1.807, 2.05) is 25.1 Å². The second-order valence-corrected chi connectivity index (χ2v) is 5.54. The molecule has 1 aliphatic rings. The van der Waals surface area contributed by atoms with Gasteiger partial charge in [-0.1, -0.05) is 6.07 Å². The molecule has 2 rings (SSSR count). The van der Waals surface area contributed by atoms with Crippen molar-refractivity contribution in [2.24, 2.45) is 0 Å². The first-order chi connectivity index (χ1) is 9.31. The highest BCUT2D eigenvalue weighted by molar-refractivity contribution is 6.02. The number of carbonyl (C=O) groups excluding carboxylic acids is 1. The Morgan fingerprint density at radius 3 is 2.75 bits per heavy atom. The summed E-state index contributed by atoms with van der Waals surface area (Å²) in [6, 6.07) is 5.67. The summed E-state index contributed by atoms with van der Waals surface area (Å²) < 4.78 is 5.74. The van der Waals surface area contributed by atoms with Crippen molar-refractivity contribution in [3.63, 3.8) is 0 Å². The van der Waals surface area contributed by atoms with Crippen LogP contribution in [-0.4, -0.2) is 29.1 Å². The molecule has 0 spiro atoms. The Labute approximate surface area is 118 Å². The van der Waals surface area contributed by atoms with Crippen molar-refractivity contribution in [2.45, 2.75) is 39.2 Å². The number of fused-ring (bicyclic) bond motifs is 1. The monoisotopic (exact) mass is 277 g/mol. The van der Waals surface area contributed by atoms with Gasteiger partial charge in [-0.25, -0.2) is 0 Å². The van der Waals surface area contributed by atoms with Crippen LogP contribution in [0.15, 0.2) is 18.2 Å². The number of carbonyl (C=O) groups is 2. The molecular weight excluding hydrogens is 258 g/mol. The van der Waals surface area contributed by atoms with Gasteiger partial charge in [0.15, 0.2) is 5.60 Å². The fraction of sp³-hybridized carbons (Fsp3) is 0.467. The van der Waals surface area contributed by atoms with Crippen LogP contribution in [-0.2, 0) is 9.59 Å². The second kappa shape index (κ2) is 5.15. The lowest BCUT2D eigenvalue weighted by atomic mass is 10.0. The SMILES string of the molecule is Cc1ccc2c(c1)N(CCCC(=O)O)C(=O)C(C)(C)O2. The average Bonchev–Trinajstić information content (AvgIpc) is 2.34. The van der Waals surface area contributed by atoms with Gasteiger partial charge in [-0.15, -0.1) is 0 Å². The predicted molar refractivity (Wildman–Crippen MR) is 75.1 cm³/mol. The lowest BCUT2D eigenvalue weighted by Gasteiger charge is -2.39. The molecule has 5 nitrogen and oxygen atoms in total. The van der Waals surface area contributed by atoms with Crippen molar-refractivity contribution in [1.82, 2.24) is 0 Å². The highest BCUT2D eigenvalue weighted by atomic mass is 16.5. The molecule has 0 atom stereocenters. The largest absolute Gasteiger partial charge is 0.481 e. The Morgan fingerprint density at radius 1 is 1.40 bits per heavy atom. The van der Waals surface area contributed by atoms with Crippen molar-refractivity contribution in [1.29, 1.82) is 0 Å². The minimum Gasteiger partial charge on any atom is -0.481 e. The molecule has 0 fully saturated rings. The number of hydrogen-bond donors (Lipinski definition) is 1. The van der Waals surface area contributed by atoms with Crippen LogP contribution in [0.3, 0.4) is 0 Å². The fourth-order valence-electron chi connectivity index (χ4n) is 2.29. The smallest absolute Gasteiger partial charge is 0.303 e. The normalized spacial score (nSPS) is 16.6. The second-order valence-electron chi connectivity index (χ2n) is 5.54. The molecule has 1 aliphatic heterocycles. The number of aryl methyl sites for hydroxylation is 1. The molecule has 5 heteroatoms. The Hall–Kier alpha value is -2.04. The zero-order valence-corrected chi connectivity index (χ0v) is 12.0. The van der Waals surface area contributed by atoms with Gasteiger partial charge in [0.05, 0.1) is 5.69 Å². The third kappa shape index (κ3) is 2.76. The first-order valence-electron chi connectivity index (χ1n) is 6.65. The van der Waals surface area contributed by atoms with Gasteiger partial charge in [0.2, 0.25) is 0 Å². The van der Waals surface area contributed by atoms with Gasteiger partial charge < -0.3 is 14.7 Å². The molecule has 108 valence electrons. The molecule has 0 bridgehead atoms. The van der Waals surface area contributed by atoms with Crippen LogP contribution >= 0.6 is 0 Å². The number of carboxylic acids is 1. The summed E-state index contributed by atoms with van der Waals surface area (Å²) in [4.78, 5) is 24.7. The van der Waals surface area contributed by atoms with E-state index in [-0.39, 0.29) is 12.3 Å². The van der Waals surface area contributed by atoms with Crippen LogP contribution in [0.1, 0.15) is 32.3 Å². The van der Waals surface area contributed by atoms with E-state index >= 15 is 0 Å². The van der Waals surface area contributed by atoms with E-state index in [2.05, 4.69) is 0 Å². The van der Waals surface area contributed by atoms with Gasteiger partial charge in [0.1, 0.15) is 5.75 Å². The first kappa shape index (κ1) is 14.4. The maximum Gasteiger partial charge on any atom is 0.303 e. The van der Waals surface area contributed by atoms with Crippen LogP contribution < -0.4 is 9.64 Å². The number of ether oxygens (including phenoxy) is 1.